The molecule has 116 valence electrons. The largest absolute Gasteiger partial charge is 0.418 e. The Hall–Kier alpha value is -1.26. The van der Waals surface area contributed by atoms with Crippen LogP contribution in [0.4, 0.5) is 5.69 Å². The highest BCUT2D eigenvalue weighted by Gasteiger charge is 2.14. The van der Waals surface area contributed by atoms with Crippen LogP contribution in [0, 0.1) is 19.3 Å². The van der Waals surface area contributed by atoms with Crippen molar-refractivity contribution in [3.63, 3.8) is 0 Å². The first kappa shape index (κ1) is 17.8. The summed E-state index contributed by atoms with van der Waals surface area (Å²) in [5.74, 6) is 0. The third-order valence-corrected chi connectivity index (χ3v) is 4.28. The van der Waals surface area contributed by atoms with Crippen molar-refractivity contribution in [1.29, 1.82) is 5.41 Å². The molecular formula is C17H28N2OSi. The van der Waals surface area contributed by atoms with E-state index >= 15 is 0 Å². The van der Waals surface area contributed by atoms with E-state index in [-0.39, 0.29) is 0 Å². The van der Waals surface area contributed by atoms with Gasteiger partial charge in [0, 0.05) is 12.3 Å². The Balaban J connectivity index is 2.78. The van der Waals surface area contributed by atoms with Gasteiger partial charge < -0.3 is 9.84 Å². The number of aliphatic imine (C=N–C) groups is 1. The van der Waals surface area contributed by atoms with E-state index in [0.717, 1.165) is 42.0 Å². The standard InChI is InChI=1S/C17H28N2OSi/c1-13-9-7-10-14(2)17(13)19-16(15(3)18)11-8-12-20-21(4,5)6/h7,9-10,18H,8,11-12H2,1-6H3. The van der Waals surface area contributed by atoms with E-state index < -0.39 is 8.32 Å². The molecule has 0 fully saturated rings. The van der Waals surface area contributed by atoms with Gasteiger partial charge in [-0.15, -0.1) is 0 Å². The first-order valence-electron chi connectivity index (χ1n) is 7.54. The first-order valence-corrected chi connectivity index (χ1v) is 10.9. The Bertz CT molecular complexity index is 510. The van der Waals surface area contributed by atoms with Crippen molar-refractivity contribution < 1.29 is 4.43 Å². The lowest BCUT2D eigenvalue weighted by atomic mass is 10.1. The van der Waals surface area contributed by atoms with Gasteiger partial charge in [-0.3, -0.25) is 4.99 Å². The molecule has 0 heterocycles. The Morgan fingerprint density at radius 3 is 2.24 bits per heavy atom. The normalized spacial score (nSPS) is 12.6. The first-order chi connectivity index (χ1) is 9.70. The van der Waals surface area contributed by atoms with Crippen LogP contribution in [0.25, 0.3) is 0 Å². The fraction of sp³-hybridized carbons (Fsp3) is 0.529. The van der Waals surface area contributed by atoms with Crippen molar-refractivity contribution >= 4 is 25.4 Å². The zero-order valence-corrected chi connectivity index (χ0v) is 15.2. The van der Waals surface area contributed by atoms with Crippen LogP contribution in [0.15, 0.2) is 23.2 Å². The molecule has 0 amide bonds. The molecule has 0 saturated heterocycles. The average Bonchev–Trinajstić information content (AvgIpc) is 2.34. The number of rotatable bonds is 7. The van der Waals surface area contributed by atoms with E-state index in [4.69, 9.17) is 14.8 Å². The van der Waals surface area contributed by atoms with Crippen LogP contribution in [0.1, 0.15) is 30.9 Å². The van der Waals surface area contributed by atoms with Gasteiger partial charge in [0.05, 0.1) is 11.4 Å². The lowest BCUT2D eigenvalue weighted by Gasteiger charge is -2.17. The van der Waals surface area contributed by atoms with Crippen LogP contribution in [0.5, 0.6) is 0 Å². The Kier molecular flexibility index (Phi) is 6.49. The number of hydrogen-bond donors (Lipinski definition) is 1. The summed E-state index contributed by atoms with van der Waals surface area (Å²) in [7, 11) is -1.44. The molecule has 0 unspecified atom stereocenters. The van der Waals surface area contributed by atoms with Gasteiger partial charge in [0.1, 0.15) is 0 Å². The minimum absolute atomic E-state index is 0.547. The van der Waals surface area contributed by atoms with E-state index in [2.05, 4.69) is 45.6 Å². The molecule has 0 aliphatic heterocycles. The van der Waals surface area contributed by atoms with E-state index in [1.807, 2.05) is 13.0 Å². The molecule has 0 aliphatic rings. The monoisotopic (exact) mass is 304 g/mol. The molecular weight excluding hydrogens is 276 g/mol. The number of benzene rings is 1. The van der Waals surface area contributed by atoms with Crippen LogP contribution in [0.2, 0.25) is 19.6 Å². The molecule has 0 atom stereocenters. The predicted molar refractivity (Wildman–Crippen MR) is 94.9 cm³/mol. The zero-order chi connectivity index (χ0) is 16.0. The maximum Gasteiger partial charge on any atom is 0.183 e. The van der Waals surface area contributed by atoms with Crippen molar-refractivity contribution in [3.8, 4) is 0 Å². The third-order valence-electron chi connectivity index (χ3n) is 3.21. The molecule has 4 heteroatoms. The van der Waals surface area contributed by atoms with Crippen molar-refractivity contribution in [2.24, 2.45) is 4.99 Å². The molecule has 1 aromatic rings. The molecule has 0 bridgehead atoms. The number of para-hydroxylation sites is 1. The number of aryl methyl sites for hydroxylation is 2. The highest BCUT2D eigenvalue weighted by atomic mass is 28.4. The van der Waals surface area contributed by atoms with E-state index in [0.29, 0.717) is 5.71 Å². The number of nitrogens with one attached hydrogen (secondary N) is 1. The molecule has 0 spiro atoms. The second-order valence-electron chi connectivity index (χ2n) is 6.49. The fourth-order valence-electron chi connectivity index (χ4n) is 2.06. The van der Waals surface area contributed by atoms with E-state index in [1.54, 1.807) is 0 Å². The van der Waals surface area contributed by atoms with Gasteiger partial charge in [-0.2, -0.15) is 0 Å². The number of nitrogens with zero attached hydrogens (tertiary/aromatic N) is 1. The summed E-state index contributed by atoms with van der Waals surface area (Å²) in [5, 5.41) is 7.94. The number of hydrogen-bond acceptors (Lipinski definition) is 3. The van der Waals surface area contributed by atoms with E-state index in [9.17, 15) is 0 Å². The summed E-state index contributed by atoms with van der Waals surface area (Å²) >= 11 is 0. The summed E-state index contributed by atoms with van der Waals surface area (Å²) in [6.07, 6.45) is 1.72. The lowest BCUT2D eigenvalue weighted by Crippen LogP contribution is -2.26. The lowest BCUT2D eigenvalue weighted by molar-refractivity contribution is 0.307. The molecule has 0 radical (unpaired) electrons. The zero-order valence-electron chi connectivity index (χ0n) is 14.2. The maximum absolute atomic E-state index is 7.94. The fourth-order valence-corrected chi connectivity index (χ4v) is 2.82. The molecule has 21 heavy (non-hydrogen) atoms. The van der Waals surface area contributed by atoms with Gasteiger partial charge in [0.2, 0.25) is 0 Å². The second-order valence-corrected chi connectivity index (χ2v) is 11.0. The van der Waals surface area contributed by atoms with Crippen molar-refractivity contribution in [2.45, 2.75) is 53.3 Å². The van der Waals surface area contributed by atoms with Crippen molar-refractivity contribution in [1.82, 2.24) is 0 Å². The highest BCUT2D eigenvalue weighted by Crippen LogP contribution is 2.24. The summed E-state index contributed by atoms with van der Waals surface area (Å²) in [5.41, 5.74) is 4.74. The summed E-state index contributed by atoms with van der Waals surface area (Å²) in [6, 6.07) is 6.18. The molecule has 0 saturated carbocycles. The molecule has 1 aromatic carbocycles. The van der Waals surface area contributed by atoms with Gasteiger partial charge in [-0.05, 0) is 64.4 Å². The topological polar surface area (TPSA) is 45.4 Å². The van der Waals surface area contributed by atoms with Crippen LogP contribution >= 0.6 is 0 Å². The van der Waals surface area contributed by atoms with Crippen molar-refractivity contribution in [2.75, 3.05) is 6.61 Å². The van der Waals surface area contributed by atoms with Gasteiger partial charge in [0.25, 0.3) is 0 Å². The van der Waals surface area contributed by atoms with Crippen molar-refractivity contribution in [3.05, 3.63) is 29.3 Å². The van der Waals surface area contributed by atoms with Crippen LogP contribution in [0.3, 0.4) is 0 Å². The van der Waals surface area contributed by atoms with Crippen LogP contribution < -0.4 is 0 Å². The predicted octanol–water partition coefficient (Wildman–Crippen LogP) is 5.05. The van der Waals surface area contributed by atoms with Crippen LogP contribution in [-0.4, -0.2) is 26.3 Å². The molecule has 0 aliphatic carbocycles. The van der Waals surface area contributed by atoms with E-state index in [1.165, 1.54) is 0 Å². The Morgan fingerprint density at radius 1 is 1.19 bits per heavy atom. The molecule has 0 aromatic heterocycles. The summed E-state index contributed by atoms with van der Waals surface area (Å²) in [4.78, 5) is 4.74. The molecule has 1 N–H and O–H groups in total. The Morgan fingerprint density at radius 2 is 1.76 bits per heavy atom. The molecule has 1 rings (SSSR count). The van der Waals surface area contributed by atoms with Gasteiger partial charge in [-0.25, -0.2) is 0 Å². The summed E-state index contributed by atoms with van der Waals surface area (Å²) < 4.78 is 5.87. The Labute approximate surface area is 130 Å². The quantitative estimate of drug-likeness (QED) is 0.428. The SMILES string of the molecule is CC(=N)C(CCCO[Si](C)(C)C)=Nc1c(C)cccc1C. The van der Waals surface area contributed by atoms with Gasteiger partial charge >= 0.3 is 0 Å². The second kappa shape index (κ2) is 7.66. The third kappa shape index (κ3) is 6.36. The minimum atomic E-state index is -1.44. The van der Waals surface area contributed by atoms with Gasteiger partial charge in [0.15, 0.2) is 8.32 Å². The highest BCUT2D eigenvalue weighted by molar-refractivity contribution is 6.69. The average molecular weight is 305 g/mol. The smallest absolute Gasteiger partial charge is 0.183 e. The maximum atomic E-state index is 7.94. The minimum Gasteiger partial charge on any atom is -0.418 e. The van der Waals surface area contributed by atoms with Gasteiger partial charge in [-0.1, -0.05) is 18.2 Å². The van der Waals surface area contributed by atoms with Crippen LogP contribution in [-0.2, 0) is 4.43 Å². The summed E-state index contributed by atoms with van der Waals surface area (Å²) in [6.45, 7) is 13.3. The molecule has 3 nitrogen and oxygen atoms in total.